The standard InChI is InChI=1S/C10H17NO2.2C9H10O3.C6H14N2O3S.C6H11NO3S.C6H11NO2S.C5H9N.ClH/c1-10(2,3)13-9(12)11-7-5-4-6-8-11;2*10-8(9(11)12)6-7-4-2-1-3-5-7;1-12(10,11)8-3-2-5(7)6(9)4-8;1-11(8,9)7-3-2-5-6(4-7)10-5;1-10(8,9)7-5-3-2-4-6-7;1-2-4-6-5-3-1;/h4-5H,6-8H2,1-3H3;2*1-5,8,10H,6H2,(H,11,12);5-6,9H,2-4,7H2,1H3;5-6H,2-4H2,1H3;2-3H,4-6H2,1H3;1-2,6H,3-5H2;1H/t;2*8-;5-,6-;5-,6?;;;/m.0010.../s1. The largest absolute Gasteiger partial charge is 0.479 e. The number of benzene rings is 2. The zero-order valence-corrected chi connectivity index (χ0v) is 48.2. The van der Waals surface area contributed by atoms with E-state index in [0.717, 1.165) is 56.3 Å². The average Bonchev–Trinajstić information content (AvgIpc) is 4.16. The van der Waals surface area contributed by atoms with Crippen molar-refractivity contribution in [3.8, 4) is 0 Å². The molecule has 8 rings (SSSR count). The zero-order chi connectivity index (χ0) is 57.1. The van der Waals surface area contributed by atoms with Crippen molar-refractivity contribution in [1.29, 1.82) is 0 Å². The number of β-amino-alcohol motifs (C(OH)–C–C–N with tert-alkyl or cyclic N) is 1. The van der Waals surface area contributed by atoms with Gasteiger partial charge < -0.3 is 51.0 Å². The summed E-state index contributed by atoms with van der Waals surface area (Å²) in [7, 11) is -9.09. The fourth-order valence-corrected chi connectivity index (χ4v) is 9.67. The van der Waals surface area contributed by atoms with Gasteiger partial charge in [-0.05, 0) is 70.5 Å². The molecule has 0 bridgehead atoms. The number of aliphatic hydroxyl groups excluding tert-OH is 3. The Bertz CT molecular complexity index is 2420. The van der Waals surface area contributed by atoms with Crippen LogP contribution < -0.4 is 11.1 Å². The van der Waals surface area contributed by atoms with Gasteiger partial charge in [0.25, 0.3) is 0 Å². The van der Waals surface area contributed by atoms with Crippen molar-refractivity contribution in [2.24, 2.45) is 5.73 Å². The number of carbonyl (C=O) groups excluding carboxylic acids is 1. The molecule has 2 aromatic rings. The molecule has 0 radical (unpaired) electrons. The molecule has 0 aromatic heterocycles. The van der Waals surface area contributed by atoms with Gasteiger partial charge in [-0.25, -0.2) is 39.6 Å². The van der Waals surface area contributed by atoms with Crippen LogP contribution in [0.2, 0.25) is 0 Å². The first-order chi connectivity index (χ1) is 35.5. The molecular weight excluding hydrogens is 1080 g/mol. The van der Waals surface area contributed by atoms with Gasteiger partial charge in [-0.3, -0.25) is 0 Å². The lowest BCUT2D eigenvalue weighted by Crippen LogP contribution is -2.51. The number of fused-ring (bicyclic) bond motifs is 1. The Morgan fingerprint density at radius 3 is 1.47 bits per heavy atom. The van der Waals surface area contributed by atoms with Crippen molar-refractivity contribution in [1.82, 2.24) is 23.1 Å². The van der Waals surface area contributed by atoms with E-state index >= 15 is 0 Å². The molecule has 438 valence electrons. The third kappa shape index (κ3) is 31.7. The topological polar surface area (TPSA) is 328 Å². The Morgan fingerprint density at radius 1 is 0.662 bits per heavy atom. The molecule has 3 fully saturated rings. The highest BCUT2D eigenvalue weighted by atomic mass is 35.5. The number of sulfonamides is 3. The number of carbonyl (C=O) groups is 3. The molecule has 3 saturated heterocycles. The Kier molecular flexibility index (Phi) is 32.4. The number of amides is 1. The minimum Gasteiger partial charge on any atom is -0.479 e. The number of epoxide rings is 1. The predicted molar refractivity (Wildman–Crippen MR) is 298 cm³/mol. The molecule has 77 heavy (non-hydrogen) atoms. The maximum Gasteiger partial charge on any atom is 0.410 e. The van der Waals surface area contributed by atoms with Crippen LogP contribution in [0.3, 0.4) is 0 Å². The van der Waals surface area contributed by atoms with E-state index < -0.39 is 65.9 Å². The van der Waals surface area contributed by atoms with Crippen LogP contribution >= 0.6 is 12.4 Å². The van der Waals surface area contributed by atoms with E-state index in [1.165, 1.54) is 31.8 Å². The van der Waals surface area contributed by atoms with Gasteiger partial charge in [0.1, 0.15) is 5.60 Å². The molecule has 1 amide bonds. The van der Waals surface area contributed by atoms with Gasteiger partial charge in [-0.2, -0.15) is 12.9 Å². The molecular formula is C51H83ClN6O16S3. The molecule has 6 aliphatic heterocycles. The number of hydrogen-bond acceptors (Lipinski definition) is 16. The number of aliphatic carboxylic acids is 2. The Balaban J connectivity index is 0.000000451. The van der Waals surface area contributed by atoms with Gasteiger partial charge in [-0.1, -0.05) is 97.1 Å². The average molecular weight is 1170 g/mol. The van der Waals surface area contributed by atoms with E-state index in [-0.39, 0.29) is 50.0 Å². The van der Waals surface area contributed by atoms with Gasteiger partial charge in [0, 0.05) is 77.8 Å². The molecule has 0 saturated carbocycles. The van der Waals surface area contributed by atoms with Crippen LogP contribution in [0.25, 0.3) is 0 Å². The monoisotopic (exact) mass is 1170 g/mol. The number of nitrogens with two attached hydrogens (primary N) is 1. The lowest BCUT2D eigenvalue weighted by Gasteiger charge is -2.32. The number of nitrogens with zero attached hydrogens (tertiary/aromatic N) is 4. The highest BCUT2D eigenvalue weighted by Crippen LogP contribution is 2.31. The summed E-state index contributed by atoms with van der Waals surface area (Å²) in [6, 6.07) is 17.8. The highest BCUT2D eigenvalue weighted by molar-refractivity contribution is 7.88. The van der Waals surface area contributed by atoms with Crippen molar-refractivity contribution in [3.63, 3.8) is 0 Å². The van der Waals surface area contributed by atoms with Crippen molar-refractivity contribution >= 4 is 60.5 Å². The third-order valence-corrected chi connectivity index (χ3v) is 15.3. The quantitative estimate of drug-likeness (QED) is 0.140. The summed E-state index contributed by atoms with van der Waals surface area (Å²) in [4.78, 5) is 33.7. The third-order valence-electron chi connectivity index (χ3n) is 11.5. The minimum absolute atomic E-state index is 0. The molecule has 22 nitrogen and oxygen atoms in total. The minimum atomic E-state index is -3.16. The molecule has 1 unspecified atom stereocenters. The molecule has 0 spiro atoms. The number of carboxylic acid groups (broad SMARTS) is 2. The predicted octanol–water partition coefficient (Wildman–Crippen LogP) is 2.46. The van der Waals surface area contributed by atoms with Crippen molar-refractivity contribution < 1.29 is 74.6 Å². The molecule has 26 heteroatoms. The summed E-state index contributed by atoms with van der Waals surface area (Å²) >= 11 is 0. The maximum atomic E-state index is 11.5. The van der Waals surface area contributed by atoms with Gasteiger partial charge in [0.15, 0.2) is 12.2 Å². The fourth-order valence-electron chi connectivity index (χ4n) is 7.16. The summed E-state index contributed by atoms with van der Waals surface area (Å²) in [6.07, 6.45) is 17.6. The fraction of sp³-hybridized carbons (Fsp3) is 0.588. The Morgan fingerprint density at radius 2 is 1.13 bits per heavy atom. The normalized spacial score (nSPS) is 21.9. The first-order valence-electron chi connectivity index (χ1n) is 25.0. The van der Waals surface area contributed by atoms with Crippen LogP contribution in [0.4, 0.5) is 4.79 Å². The van der Waals surface area contributed by atoms with Gasteiger partial charge in [0.2, 0.25) is 30.1 Å². The van der Waals surface area contributed by atoms with Gasteiger partial charge in [0.05, 0.1) is 37.1 Å². The van der Waals surface area contributed by atoms with Crippen LogP contribution in [-0.2, 0) is 62.0 Å². The summed E-state index contributed by atoms with van der Waals surface area (Å²) in [5.74, 6) is -2.36. The van der Waals surface area contributed by atoms with E-state index in [9.17, 15) is 44.7 Å². The van der Waals surface area contributed by atoms with Crippen molar-refractivity contribution in [3.05, 3.63) is 108 Å². The number of halogens is 1. The zero-order valence-electron chi connectivity index (χ0n) is 44.9. The van der Waals surface area contributed by atoms with E-state index in [4.69, 9.17) is 35.6 Å². The summed E-state index contributed by atoms with van der Waals surface area (Å²) < 4.78 is 80.5. The molecule has 0 aliphatic carbocycles. The number of aliphatic hydroxyl groups is 3. The van der Waals surface area contributed by atoms with E-state index in [1.807, 2.05) is 75.4 Å². The van der Waals surface area contributed by atoms with E-state index in [2.05, 4.69) is 23.5 Å². The SMILES string of the molecule is C1=CCNCC1.CC(C)(C)OC(=O)N1CC=CCC1.CS(=O)(=O)N1CC=CCC1.CS(=O)(=O)N1CC[C@@H](N)[C@H](O)C1.CS(=O)(=O)N1CC[C@@H]2OC2C1.Cl.O=C(O)[C@@H](O)Cc1ccccc1.O=C(O)[C@@H](O)Cc1ccccc1. The maximum absolute atomic E-state index is 11.5. The second kappa shape index (κ2) is 35.3. The van der Waals surface area contributed by atoms with Crippen LogP contribution in [-0.4, -0.2) is 213 Å². The smallest absolute Gasteiger partial charge is 0.410 e. The lowest BCUT2D eigenvalue weighted by molar-refractivity contribution is -0.147. The highest BCUT2D eigenvalue weighted by Gasteiger charge is 2.45. The van der Waals surface area contributed by atoms with Gasteiger partial charge in [-0.15, -0.1) is 12.4 Å². The second-order valence-corrected chi connectivity index (χ2v) is 25.3. The Hall–Kier alpha value is -4.35. The number of rotatable bonds is 9. The first kappa shape index (κ1) is 70.7. The van der Waals surface area contributed by atoms with Gasteiger partial charge >= 0.3 is 18.0 Å². The van der Waals surface area contributed by atoms with Crippen LogP contribution in [0.15, 0.2) is 97.1 Å². The number of nitrogens with one attached hydrogen (secondary N) is 1. The molecule has 2 aromatic carbocycles. The second-order valence-electron chi connectivity index (χ2n) is 19.4. The first-order valence-corrected chi connectivity index (χ1v) is 30.5. The van der Waals surface area contributed by atoms with Crippen LogP contribution in [0.1, 0.15) is 64.0 Å². The molecule has 6 heterocycles. The molecule has 6 aliphatic rings. The number of piperidine rings is 2. The van der Waals surface area contributed by atoms with Crippen molar-refractivity contribution in [2.75, 3.05) is 84.2 Å². The lowest BCUT2D eigenvalue weighted by atomic mass is 10.1. The van der Waals surface area contributed by atoms with Crippen LogP contribution in [0, 0.1) is 0 Å². The Labute approximate surface area is 462 Å². The summed E-state index contributed by atoms with van der Waals surface area (Å²) in [5, 5.41) is 47.2. The number of hydrogen-bond donors (Lipinski definition) is 7. The molecule has 8 N–H and O–H groups in total. The summed E-state index contributed by atoms with van der Waals surface area (Å²) in [6.45, 7) is 12.2. The van der Waals surface area contributed by atoms with Crippen LogP contribution in [0.5, 0.6) is 0 Å². The number of carboxylic acids is 2. The molecule has 6 atom stereocenters. The number of ether oxygens (including phenoxy) is 2. The summed E-state index contributed by atoms with van der Waals surface area (Å²) in [5.41, 5.74) is 6.77. The van der Waals surface area contributed by atoms with Crippen molar-refractivity contribution in [2.45, 2.75) is 108 Å². The van der Waals surface area contributed by atoms with E-state index in [1.54, 1.807) is 29.2 Å². The van der Waals surface area contributed by atoms with E-state index in [0.29, 0.717) is 51.8 Å².